The van der Waals surface area contributed by atoms with Gasteiger partial charge in [0.2, 0.25) is 0 Å². The average Bonchev–Trinajstić information content (AvgIpc) is 2.01. The number of aliphatic hydroxyl groups is 1. The highest BCUT2D eigenvalue weighted by Crippen LogP contribution is 2.29. The predicted octanol–water partition coefficient (Wildman–Crippen LogP) is 2.02. The molecule has 0 saturated carbocycles. The number of nitrogens with zero attached hydrogens (tertiary/aromatic N) is 1. The van der Waals surface area contributed by atoms with Gasteiger partial charge in [-0.1, -0.05) is 0 Å². The van der Waals surface area contributed by atoms with Gasteiger partial charge in [0.25, 0.3) is 0 Å². The van der Waals surface area contributed by atoms with Gasteiger partial charge in [0.15, 0.2) is 0 Å². The van der Waals surface area contributed by atoms with Gasteiger partial charge < -0.3 is 5.11 Å². The van der Waals surface area contributed by atoms with Crippen LogP contribution in [-0.4, -0.2) is 16.2 Å². The molecule has 1 atom stereocenters. The van der Waals surface area contributed by atoms with E-state index in [1.807, 2.05) is 0 Å². The summed E-state index contributed by atoms with van der Waals surface area (Å²) >= 11 is 0. The molecule has 1 heterocycles. The molecular weight excluding hydrogens is 195 g/mol. The number of alkyl halides is 3. The molecule has 0 radical (unpaired) electrons. The summed E-state index contributed by atoms with van der Waals surface area (Å²) in [4.78, 5) is 3.73. The number of pyridine rings is 1. The number of rotatable bonds is 2. The van der Waals surface area contributed by atoms with Crippen molar-refractivity contribution in [1.82, 2.24) is 4.98 Å². The summed E-state index contributed by atoms with van der Waals surface area (Å²) in [6.45, 7) is 1.50. The monoisotopic (exact) mass is 205 g/mol. The van der Waals surface area contributed by atoms with Gasteiger partial charge in [0.05, 0.1) is 11.7 Å². The zero-order valence-electron chi connectivity index (χ0n) is 7.54. The minimum atomic E-state index is -4.35. The first kappa shape index (κ1) is 11.0. The van der Waals surface area contributed by atoms with E-state index in [4.69, 9.17) is 5.11 Å². The number of aromatic nitrogens is 1. The second-order valence-electron chi connectivity index (χ2n) is 3.09. The highest BCUT2D eigenvalue weighted by molar-refractivity contribution is 5.19. The molecule has 1 aromatic rings. The van der Waals surface area contributed by atoms with Gasteiger partial charge in [-0.05, 0) is 19.1 Å². The van der Waals surface area contributed by atoms with E-state index in [1.54, 1.807) is 0 Å². The van der Waals surface area contributed by atoms with Crippen LogP contribution in [0.2, 0.25) is 0 Å². The van der Waals surface area contributed by atoms with Crippen molar-refractivity contribution in [3.63, 3.8) is 0 Å². The van der Waals surface area contributed by atoms with Crippen LogP contribution in [0.1, 0.15) is 18.2 Å². The molecule has 1 rings (SSSR count). The third kappa shape index (κ3) is 2.99. The van der Waals surface area contributed by atoms with Crippen molar-refractivity contribution in [2.24, 2.45) is 0 Å². The average molecular weight is 205 g/mol. The zero-order chi connectivity index (χ0) is 10.8. The van der Waals surface area contributed by atoms with Crippen molar-refractivity contribution in [2.75, 3.05) is 0 Å². The molecule has 14 heavy (non-hydrogen) atoms. The zero-order valence-corrected chi connectivity index (χ0v) is 7.54. The Kier molecular flexibility index (Phi) is 3.10. The fraction of sp³-hybridized carbons (Fsp3) is 0.444. The smallest absolute Gasteiger partial charge is 0.393 e. The Morgan fingerprint density at radius 1 is 1.50 bits per heavy atom. The Labute approximate surface area is 79.4 Å². The molecule has 5 heteroatoms. The van der Waals surface area contributed by atoms with E-state index in [9.17, 15) is 13.2 Å². The molecule has 0 aliphatic carbocycles. The third-order valence-electron chi connectivity index (χ3n) is 1.65. The highest BCUT2D eigenvalue weighted by atomic mass is 19.4. The van der Waals surface area contributed by atoms with Gasteiger partial charge in [0.1, 0.15) is 0 Å². The van der Waals surface area contributed by atoms with Gasteiger partial charge >= 0.3 is 6.18 Å². The summed E-state index contributed by atoms with van der Waals surface area (Å²) < 4.78 is 36.6. The largest absolute Gasteiger partial charge is 0.416 e. The standard InChI is InChI=1S/C9H10F3NO/c1-6(14)4-8-5-7(2-3-13-8)9(10,11)12/h2-3,5-6,14H,4H2,1H3. The van der Waals surface area contributed by atoms with Gasteiger partial charge in [-0.25, -0.2) is 0 Å². The van der Waals surface area contributed by atoms with Gasteiger partial charge in [-0.3, -0.25) is 4.98 Å². The van der Waals surface area contributed by atoms with Crippen molar-refractivity contribution >= 4 is 0 Å². The van der Waals surface area contributed by atoms with Crippen molar-refractivity contribution < 1.29 is 18.3 Å². The topological polar surface area (TPSA) is 33.1 Å². The first-order valence-electron chi connectivity index (χ1n) is 4.10. The molecule has 0 fully saturated rings. The van der Waals surface area contributed by atoms with Crippen molar-refractivity contribution in [1.29, 1.82) is 0 Å². The Morgan fingerprint density at radius 3 is 2.64 bits per heavy atom. The summed E-state index contributed by atoms with van der Waals surface area (Å²) in [6.07, 6.45) is -3.81. The number of halogens is 3. The molecule has 0 amide bonds. The summed E-state index contributed by atoms with van der Waals surface area (Å²) in [7, 11) is 0. The maximum Gasteiger partial charge on any atom is 0.416 e. The lowest BCUT2D eigenvalue weighted by Crippen LogP contribution is -2.09. The Morgan fingerprint density at radius 2 is 2.14 bits per heavy atom. The Balaban J connectivity index is 2.90. The first-order chi connectivity index (χ1) is 6.39. The molecule has 0 aliphatic rings. The predicted molar refractivity (Wildman–Crippen MR) is 44.6 cm³/mol. The van der Waals surface area contributed by atoms with E-state index < -0.39 is 17.8 Å². The second-order valence-corrected chi connectivity index (χ2v) is 3.09. The first-order valence-corrected chi connectivity index (χ1v) is 4.10. The third-order valence-corrected chi connectivity index (χ3v) is 1.65. The molecule has 1 N–H and O–H groups in total. The van der Waals surface area contributed by atoms with E-state index in [2.05, 4.69) is 4.98 Å². The molecular formula is C9H10F3NO. The molecule has 2 nitrogen and oxygen atoms in total. The fourth-order valence-electron chi connectivity index (χ4n) is 1.07. The molecule has 78 valence electrons. The SMILES string of the molecule is CC(O)Cc1cc(C(F)(F)F)ccn1. The van der Waals surface area contributed by atoms with E-state index in [0.29, 0.717) is 0 Å². The van der Waals surface area contributed by atoms with Crippen LogP contribution in [0.25, 0.3) is 0 Å². The van der Waals surface area contributed by atoms with E-state index in [1.165, 1.54) is 6.92 Å². The lowest BCUT2D eigenvalue weighted by molar-refractivity contribution is -0.137. The minimum Gasteiger partial charge on any atom is -0.393 e. The van der Waals surface area contributed by atoms with Crippen LogP contribution in [0, 0.1) is 0 Å². The van der Waals surface area contributed by atoms with Crippen LogP contribution in [0.4, 0.5) is 13.2 Å². The normalized spacial score (nSPS) is 14.1. The van der Waals surface area contributed by atoms with Crippen molar-refractivity contribution in [2.45, 2.75) is 25.6 Å². The number of hydrogen-bond acceptors (Lipinski definition) is 2. The lowest BCUT2D eigenvalue weighted by atomic mass is 10.1. The lowest BCUT2D eigenvalue weighted by Gasteiger charge is -2.08. The summed E-state index contributed by atoms with van der Waals surface area (Å²) in [5.41, 5.74) is -0.488. The van der Waals surface area contributed by atoms with Crippen LogP contribution >= 0.6 is 0 Å². The van der Waals surface area contributed by atoms with Crippen LogP contribution < -0.4 is 0 Å². The summed E-state index contributed by atoms with van der Waals surface area (Å²) in [6, 6.07) is 1.86. The highest BCUT2D eigenvalue weighted by Gasteiger charge is 2.30. The fourth-order valence-corrected chi connectivity index (χ4v) is 1.07. The van der Waals surface area contributed by atoms with Gasteiger partial charge in [-0.15, -0.1) is 0 Å². The van der Waals surface area contributed by atoms with Gasteiger partial charge in [0, 0.05) is 18.3 Å². The maximum atomic E-state index is 12.2. The Bertz CT molecular complexity index is 309. The van der Waals surface area contributed by atoms with E-state index >= 15 is 0 Å². The summed E-state index contributed by atoms with van der Waals surface area (Å²) in [5.74, 6) is 0. The maximum absolute atomic E-state index is 12.2. The van der Waals surface area contributed by atoms with Gasteiger partial charge in [-0.2, -0.15) is 13.2 Å². The van der Waals surface area contributed by atoms with Crippen LogP contribution in [0.5, 0.6) is 0 Å². The molecule has 1 unspecified atom stereocenters. The molecule has 1 aromatic heterocycles. The summed E-state index contributed by atoms with van der Waals surface area (Å²) in [5, 5.41) is 8.98. The van der Waals surface area contributed by atoms with E-state index in [0.717, 1.165) is 18.3 Å². The number of hydrogen-bond donors (Lipinski definition) is 1. The second kappa shape index (κ2) is 3.96. The molecule has 0 bridgehead atoms. The molecule has 0 aliphatic heterocycles. The van der Waals surface area contributed by atoms with Crippen LogP contribution in [0.15, 0.2) is 18.3 Å². The molecule has 0 spiro atoms. The minimum absolute atomic E-state index is 0.129. The quantitative estimate of drug-likeness (QED) is 0.801. The number of aliphatic hydroxyl groups excluding tert-OH is 1. The molecule has 0 saturated heterocycles. The Hall–Kier alpha value is -1.10. The molecule has 0 aromatic carbocycles. The van der Waals surface area contributed by atoms with E-state index in [-0.39, 0.29) is 12.1 Å². The van der Waals surface area contributed by atoms with Crippen LogP contribution in [0.3, 0.4) is 0 Å². The van der Waals surface area contributed by atoms with Crippen molar-refractivity contribution in [3.8, 4) is 0 Å². The van der Waals surface area contributed by atoms with Crippen LogP contribution in [-0.2, 0) is 12.6 Å². The van der Waals surface area contributed by atoms with Crippen molar-refractivity contribution in [3.05, 3.63) is 29.6 Å².